The van der Waals surface area contributed by atoms with Crippen molar-refractivity contribution < 1.29 is 17.7 Å². The molecule has 0 amide bonds. The number of nitrogens with two attached hydrogens (primary N) is 1. The van der Waals surface area contributed by atoms with Crippen LogP contribution in [0.15, 0.2) is 47.4 Å². The highest BCUT2D eigenvalue weighted by molar-refractivity contribution is 7.89. The molecule has 8 nitrogen and oxygen atoms in total. The number of primary sulfonamides is 1. The van der Waals surface area contributed by atoms with Crippen molar-refractivity contribution in [3.63, 3.8) is 0 Å². The van der Waals surface area contributed by atoms with E-state index in [1.165, 1.54) is 18.2 Å². The van der Waals surface area contributed by atoms with E-state index in [0.717, 1.165) is 6.07 Å². The van der Waals surface area contributed by atoms with E-state index in [-0.39, 0.29) is 16.4 Å². The van der Waals surface area contributed by atoms with Gasteiger partial charge in [0.1, 0.15) is 11.5 Å². The van der Waals surface area contributed by atoms with Gasteiger partial charge in [0.15, 0.2) is 0 Å². The molecule has 0 aromatic heterocycles. The molecule has 3 rings (SSSR count). The maximum absolute atomic E-state index is 13.9. The van der Waals surface area contributed by atoms with E-state index >= 15 is 0 Å². The highest BCUT2D eigenvalue weighted by Gasteiger charge is 2.26. The van der Waals surface area contributed by atoms with Crippen LogP contribution in [0.1, 0.15) is 0 Å². The van der Waals surface area contributed by atoms with Gasteiger partial charge in [-0.25, -0.2) is 17.9 Å². The molecule has 1 aliphatic rings. The van der Waals surface area contributed by atoms with Gasteiger partial charge in [0.25, 0.3) is 5.69 Å². The van der Waals surface area contributed by atoms with Crippen LogP contribution in [-0.4, -0.2) is 39.5 Å². The van der Waals surface area contributed by atoms with Gasteiger partial charge in [-0.15, -0.1) is 0 Å². The fourth-order valence-corrected chi connectivity index (χ4v) is 3.52. The van der Waals surface area contributed by atoms with Crippen molar-refractivity contribution >= 4 is 27.1 Å². The number of nitrogens with zero attached hydrogens (tertiary/aromatic N) is 3. The second kappa shape index (κ2) is 6.89. The summed E-state index contributed by atoms with van der Waals surface area (Å²) in [5.74, 6) is -0.315. The topological polar surface area (TPSA) is 110 Å². The molecule has 0 unspecified atom stereocenters. The molecule has 0 radical (unpaired) electrons. The number of para-hydroxylation sites is 1. The van der Waals surface area contributed by atoms with E-state index < -0.39 is 14.9 Å². The van der Waals surface area contributed by atoms with Crippen molar-refractivity contribution in [1.82, 2.24) is 0 Å². The second-order valence-corrected chi connectivity index (χ2v) is 7.44. The zero-order valence-electron chi connectivity index (χ0n) is 13.7. The largest absolute Gasteiger partial charge is 0.366 e. The number of hydrogen-bond donors (Lipinski definition) is 1. The van der Waals surface area contributed by atoms with Gasteiger partial charge in [-0.05, 0) is 24.3 Å². The molecule has 0 bridgehead atoms. The lowest BCUT2D eigenvalue weighted by Crippen LogP contribution is -2.47. The van der Waals surface area contributed by atoms with E-state index in [1.54, 1.807) is 23.1 Å². The molecule has 0 saturated carbocycles. The summed E-state index contributed by atoms with van der Waals surface area (Å²) in [6, 6.07) is 10.0. The summed E-state index contributed by atoms with van der Waals surface area (Å²) in [4.78, 5) is 14.1. The zero-order chi connectivity index (χ0) is 18.9. The van der Waals surface area contributed by atoms with Crippen LogP contribution in [0, 0.1) is 15.9 Å². The Kier molecular flexibility index (Phi) is 4.79. The smallest absolute Gasteiger partial charge is 0.293 e. The Labute approximate surface area is 149 Å². The van der Waals surface area contributed by atoms with Crippen LogP contribution < -0.4 is 14.9 Å². The Hall–Kier alpha value is -2.72. The number of anilines is 2. The second-order valence-electron chi connectivity index (χ2n) is 5.88. The third-order valence-corrected chi connectivity index (χ3v) is 5.20. The molecule has 1 heterocycles. The van der Waals surface area contributed by atoms with Crippen LogP contribution >= 0.6 is 0 Å². The Morgan fingerprint density at radius 1 is 1.00 bits per heavy atom. The molecular formula is C16H17FN4O4S. The Morgan fingerprint density at radius 3 is 2.12 bits per heavy atom. The molecule has 1 fully saturated rings. The highest BCUT2D eigenvalue weighted by Crippen LogP contribution is 2.32. The molecule has 0 aliphatic carbocycles. The van der Waals surface area contributed by atoms with Gasteiger partial charge < -0.3 is 9.80 Å². The summed E-state index contributed by atoms with van der Waals surface area (Å²) in [7, 11) is -4.03. The van der Waals surface area contributed by atoms with Crippen LogP contribution in [0.25, 0.3) is 0 Å². The average molecular weight is 380 g/mol. The van der Waals surface area contributed by atoms with E-state index in [9.17, 15) is 22.9 Å². The van der Waals surface area contributed by atoms with Crippen molar-refractivity contribution in [1.29, 1.82) is 0 Å². The Bertz CT molecular complexity index is 943. The molecule has 0 atom stereocenters. The van der Waals surface area contributed by atoms with Gasteiger partial charge in [0, 0.05) is 32.2 Å². The summed E-state index contributed by atoms with van der Waals surface area (Å²) >= 11 is 0. The predicted octanol–water partition coefficient (Wildman–Crippen LogP) is 1.71. The van der Waals surface area contributed by atoms with Crippen molar-refractivity contribution in [3.8, 4) is 0 Å². The van der Waals surface area contributed by atoms with Crippen LogP contribution in [0.5, 0.6) is 0 Å². The lowest BCUT2D eigenvalue weighted by atomic mass is 10.2. The summed E-state index contributed by atoms with van der Waals surface area (Å²) in [5.41, 5.74) is 0.484. The quantitative estimate of drug-likeness (QED) is 0.639. The minimum atomic E-state index is -4.03. The highest BCUT2D eigenvalue weighted by atomic mass is 32.2. The van der Waals surface area contributed by atoms with Crippen LogP contribution in [0.2, 0.25) is 0 Å². The fraction of sp³-hybridized carbons (Fsp3) is 0.250. The van der Waals surface area contributed by atoms with Gasteiger partial charge >= 0.3 is 0 Å². The molecular weight excluding hydrogens is 363 g/mol. The van der Waals surface area contributed by atoms with Gasteiger partial charge in [-0.2, -0.15) is 0 Å². The Morgan fingerprint density at radius 2 is 1.58 bits per heavy atom. The van der Waals surface area contributed by atoms with Crippen molar-refractivity contribution in [2.75, 3.05) is 36.0 Å². The first-order chi connectivity index (χ1) is 12.3. The third-order valence-electron chi connectivity index (χ3n) is 4.29. The standard InChI is InChI=1S/C16H17FN4O4S/c17-13-3-1-2-4-14(13)19-7-9-20(10-8-19)15-6-5-12(26(18,24)25)11-16(15)21(22)23/h1-6,11H,7-10H2,(H2,18,24,25). The maximum atomic E-state index is 13.9. The first kappa shape index (κ1) is 18.1. The van der Waals surface area contributed by atoms with Crippen molar-refractivity contribution in [2.24, 2.45) is 5.14 Å². The summed E-state index contributed by atoms with van der Waals surface area (Å²) in [6.07, 6.45) is 0. The zero-order valence-corrected chi connectivity index (χ0v) is 14.5. The van der Waals surface area contributed by atoms with Crippen molar-refractivity contribution in [3.05, 3.63) is 58.4 Å². The van der Waals surface area contributed by atoms with E-state index in [1.807, 2.05) is 4.90 Å². The summed E-state index contributed by atoms with van der Waals surface area (Å²) < 4.78 is 36.8. The number of halogens is 1. The molecule has 26 heavy (non-hydrogen) atoms. The molecule has 0 spiro atoms. The number of rotatable bonds is 4. The van der Waals surface area contributed by atoms with Crippen LogP contribution in [0.4, 0.5) is 21.5 Å². The minimum absolute atomic E-state index is 0.307. The van der Waals surface area contributed by atoms with Gasteiger partial charge in [-0.1, -0.05) is 12.1 Å². The van der Waals surface area contributed by atoms with Crippen LogP contribution in [-0.2, 0) is 10.0 Å². The lowest BCUT2D eigenvalue weighted by Gasteiger charge is -2.37. The number of piperazine rings is 1. The average Bonchev–Trinajstić information content (AvgIpc) is 2.61. The van der Waals surface area contributed by atoms with Gasteiger partial charge in [0.2, 0.25) is 10.0 Å². The number of nitro benzene ring substituents is 1. The molecule has 10 heteroatoms. The summed E-state index contributed by atoms with van der Waals surface area (Å²) in [6.45, 7) is 1.83. The number of hydrogen-bond acceptors (Lipinski definition) is 6. The van der Waals surface area contributed by atoms with E-state index in [2.05, 4.69) is 0 Å². The monoisotopic (exact) mass is 380 g/mol. The maximum Gasteiger partial charge on any atom is 0.293 e. The third kappa shape index (κ3) is 3.60. The lowest BCUT2D eigenvalue weighted by molar-refractivity contribution is -0.384. The molecule has 138 valence electrons. The number of benzene rings is 2. The fourth-order valence-electron chi connectivity index (χ4n) is 2.99. The van der Waals surface area contributed by atoms with Gasteiger partial charge in [0.05, 0.1) is 15.5 Å². The van der Waals surface area contributed by atoms with Crippen molar-refractivity contribution in [2.45, 2.75) is 4.90 Å². The first-order valence-corrected chi connectivity index (χ1v) is 9.37. The molecule has 1 saturated heterocycles. The normalized spacial score (nSPS) is 15.2. The van der Waals surface area contributed by atoms with Gasteiger partial charge in [-0.3, -0.25) is 10.1 Å². The minimum Gasteiger partial charge on any atom is -0.366 e. The Balaban J connectivity index is 1.83. The summed E-state index contributed by atoms with van der Waals surface area (Å²) in [5, 5.41) is 16.4. The first-order valence-electron chi connectivity index (χ1n) is 7.83. The number of nitro groups is 1. The van der Waals surface area contributed by atoms with E-state index in [4.69, 9.17) is 5.14 Å². The SMILES string of the molecule is NS(=O)(=O)c1ccc(N2CCN(c3ccccc3F)CC2)c([N+](=O)[O-])c1. The molecule has 1 aliphatic heterocycles. The molecule has 2 N–H and O–H groups in total. The molecule has 2 aromatic rings. The number of sulfonamides is 1. The van der Waals surface area contributed by atoms with E-state index in [0.29, 0.717) is 37.6 Å². The van der Waals surface area contributed by atoms with Crippen LogP contribution in [0.3, 0.4) is 0 Å². The predicted molar refractivity (Wildman–Crippen MR) is 95.3 cm³/mol. The molecule has 2 aromatic carbocycles.